The van der Waals surface area contributed by atoms with Crippen LogP contribution in [0.25, 0.3) is 55.6 Å². The van der Waals surface area contributed by atoms with E-state index < -0.39 is 142 Å². The molecule has 0 aliphatic carbocycles. The number of hydrogen-bond acceptors (Lipinski definition) is 1. The summed E-state index contributed by atoms with van der Waals surface area (Å²) in [5.74, 6) is 0. The van der Waals surface area contributed by atoms with Crippen molar-refractivity contribution >= 4 is 17.1 Å². The summed E-state index contributed by atoms with van der Waals surface area (Å²) in [6.07, 6.45) is 0. The van der Waals surface area contributed by atoms with E-state index in [-0.39, 0.29) is 5.69 Å². The Kier molecular flexibility index (Phi) is 4.51. The first-order chi connectivity index (χ1) is 31.8. The summed E-state index contributed by atoms with van der Waals surface area (Å²) >= 11 is 0. The van der Waals surface area contributed by atoms with Gasteiger partial charge in [-0.2, -0.15) is 0 Å². The molecule has 0 bridgehead atoms. The number of hydrogen-bond donors (Lipinski definition) is 0. The van der Waals surface area contributed by atoms with Gasteiger partial charge in [-0.3, -0.25) is 0 Å². The molecule has 0 radical (unpaired) electrons. The molecular weight excluding hydrogens is 591 g/mol. The SMILES string of the molecule is [2H]c1c([2H])c([2H])c(-c2c([2H])c([2H])c(N(c3ccccc3-c3ccccc3-c3ccccc3-c3ccccc3)c3c([2H])c([2H])c(-c4c([2H])c([2H])c([2H])c([2H])c4[2H])c([2H])c3[2H])c([2H])c2[2H])c([2H])c1[2H]. The number of anilines is 3. The zero-order chi connectivity index (χ0) is 48.5. The van der Waals surface area contributed by atoms with Gasteiger partial charge in [-0.15, -0.1) is 0 Å². The van der Waals surface area contributed by atoms with Gasteiger partial charge < -0.3 is 4.90 Å². The van der Waals surface area contributed by atoms with Crippen LogP contribution in [0.5, 0.6) is 0 Å². The maximum Gasteiger partial charge on any atom is 0.0645 e. The topological polar surface area (TPSA) is 3.24 Å². The van der Waals surface area contributed by atoms with Crippen molar-refractivity contribution in [2.24, 2.45) is 0 Å². The van der Waals surface area contributed by atoms with Crippen molar-refractivity contribution in [1.82, 2.24) is 0 Å². The highest BCUT2D eigenvalue weighted by atomic mass is 15.1. The van der Waals surface area contributed by atoms with Crippen LogP contribution in [0.1, 0.15) is 24.7 Å². The van der Waals surface area contributed by atoms with E-state index in [0.717, 1.165) is 21.6 Å². The predicted molar refractivity (Wildman–Crippen MR) is 208 cm³/mol. The molecule has 8 rings (SSSR count). The van der Waals surface area contributed by atoms with Crippen molar-refractivity contribution in [2.75, 3.05) is 4.90 Å². The molecule has 0 aliphatic rings. The summed E-state index contributed by atoms with van der Waals surface area (Å²) in [6, 6.07) is 16.7. The summed E-state index contributed by atoms with van der Waals surface area (Å²) in [4.78, 5) is 1.05. The van der Waals surface area contributed by atoms with Gasteiger partial charge >= 0.3 is 0 Å². The molecule has 0 spiro atoms. The molecule has 1 nitrogen and oxygen atoms in total. The Bertz CT molecular complexity index is 3100. The van der Waals surface area contributed by atoms with Gasteiger partial charge in [0.15, 0.2) is 0 Å². The fraction of sp³-hybridized carbons (Fsp3) is 0. The second-order valence-electron chi connectivity index (χ2n) is 10.8. The van der Waals surface area contributed by atoms with Crippen LogP contribution < -0.4 is 4.90 Å². The van der Waals surface area contributed by atoms with E-state index in [0.29, 0.717) is 16.7 Å². The molecule has 232 valence electrons. The van der Waals surface area contributed by atoms with Crippen LogP contribution in [0.4, 0.5) is 17.1 Å². The van der Waals surface area contributed by atoms with Crippen LogP contribution >= 0.6 is 0 Å². The van der Waals surface area contributed by atoms with Gasteiger partial charge in [0.2, 0.25) is 0 Å². The second-order valence-corrected chi connectivity index (χ2v) is 10.8. The fourth-order valence-corrected chi connectivity index (χ4v) is 5.62. The highest BCUT2D eigenvalue weighted by Gasteiger charge is 2.20. The highest BCUT2D eigenvalue weighted by molar-refractivity contribution is 5.97. The van der Waals surface area contributed by atoms with E-state index in [4.69, 9.17) is 13.7 Å². The first-order valence-electron chi connectivity index (χ1n) is 24.3. The standard InChI is InChI=1S/C48H35N/c1-4-16-36(17-5-1)38-28-32-41(33-29-38)49(42-34-30-39(31-35-42)37-18-6-2-7-19-37)48-27-15-14-26-47(48)46-25-13-12-24-45(46)44-23-11-10-22-43(44)40-20-8-3-9-21-40/h1-35H/i1D,2D,4D,5D,6D,7D,16D,17D,18D,19D,28D,29D,30D,31D,32D,33D,34D,35D. The lowest BCUT2D eigenvalue weighted by atomic mass is 9.88. The molecule has 0 atom stereocenters. The van der Waals surface area contributed by atoms with Crippen molar-refractivity contribution in [1.29, 1.82) is 0 Å². The first kappa shape index (κ1) is 16.1. The van der Waals surface area contributed by atoms with Gasteiger partial charge in [-0.05, 0) is 80.3 Å². The minimum atomic E-state index is -0.847. The zero-order valence-electron chi connectivity index (χ0n) is 43.8. The van der Waals surface area contributed by atoms with Crippen LogP contribution in [0.2, 0.25) is 0 Å². The van der Waals surface area contributed by atoms with E-state index in [1.54, 1.807) is 30.3 Å². The van der Waals surface area contributed by atoms with Crippen LogP contribution in [-0.4, -0.2) is 0 Å². The minimum absolute atomic E-state index is 0.0415. The second kappa shape index (κ2) is 13.7. The molecule has 8 aromatic carbocycles. The molecule has 8 aromatic rings. The van der Waals surface area contributed by atoms with Crippen molar-refractivity contribution < 1.29 is 24.7 Å². The smallest absolute Gasteiger partial charge is 0.0645 e. The van der Waals surface area contributed by atoms with Crippen molar-refractivity contribution in [3.63, 3.8) is 0 Å². The number of para-hydroxylation sites is 1. The lowest BCUT2D eigenvalue weighted by Crippen LogP contribution is -2.11. The minimum Gasteiger partial charge on any atom is -0.310 e. The molecular formula is C48H35N. The average Bonchev–Trinajstić information content (AvgIpc) is 3.34. The number of nitrogens with zero attached hydrogens (tertiary/aromatic N) is 1. The summed E-state index contributed by atoms with van der Waals surface area (Å²) in [5.41, 5.74) is 0.595. The summed E-state index contributed by atoms with van der Waals surface area (Å²) in [6.45, 7) is 0. The largest absolute Gasteiger partial charge is 0.310 e. The van der Waals surface area contributed by atoms with E-state index in [1.165, 1.54) is 6.07 Å². The Morgan fingerprint density at radius 1 is 0.286 bits per heavy atom. The maximum absolute atomic E-state index is 9.56. The third-order valence-electron chi connectivity index (χ3n) is 7.84. The van der Waals surface area contributed by atoms with Crippen LogP contribution in [-0.2, 0) is 0 Å². The third kappa shape index (κ3) is 6.18. The lowest BCUT2D eigenvalue weighted by molar-refractivity contribution is 1.28. The molecule has 0 aliphatic heterocycles. The van der Waals surface area contributed by atoms with Crippen molar-refractivity contribution in [3.8, 4) is 55.6 Å². The summed E-state index contributed by atoms with van der Waals surface area (Å²) < 4.78 is 159. The molecule has 0 unspecified atom stereocenters. The fourth-order valence-electron chi connectivity index (χ4n) is 5.62. The zero-order valence-corrected chi connectivity index (χ0v) is 25.8. The van der Waals surface area contributed by atoms with Gasteiger partial charge in [0, 0.05) is 16.9 Å². The van der Waals surface area contributed by atoms with Crippen LogP contribution in [0, 0.1) is 0 Å². The Labute approximate surface area is 314 Å². The maximum atomic E-state index is 9.56. The summed E-state index contributed by atoms with van der Waals surface area (Å²) in [5, 5.41) is 0. The Balaban J connectivity index is 1.49. The normalized spacial score (nSPS) is 16.0. The molecule has 49 heavy (non-hydrogen) atoms. The van der Waals surface area contributed by atoms with E-state index >= 15 is 0 Å². The molecule has 0 aromatic heterocycles. The molecule has 0 saturated heterocycles. The van der Waals surface area contributed by atoms with Crippen LogP contribution in [0.15, 0.2) is 212 Å². The average molecular weight is 644 g/mol. The third-order valence-corrected chi connectivity index (χ3v) is 7.84. The predicted octanol–water partition coefficient (Wildman–Crippen LogP) is 13.5. The van der Waals surface area contributed by atoms with E-state index in [2.05, 4.69) is 0 Å². The Hall–Kier alpha value is -6.44. The molecule has 0 amide bonds. The summed E-state index contributed by atoms with van der Waals surface area (Å²) in [7, 11) is 0. The number of rotatable bonds is 8. The molecule has 1 heteroatoms. The van der Waals surface area contributed by atoms with E-state index in [9.17, 15) is 11.0 Å². The van der Waals surface area contributed by atoms with E-state index in [1.807, 2.05) is 66.7 Å². The Morgan fingerprint density at radius 3 is 1.16 bits per heavy atom. The van der Waals surface area contributed by atoms with Gasteiger partial charge in [-0.1, -0.05) is 182 Å². The van der Waals surface area contributed by atoms with Gasteiger partial charge in [0.25, 0.3) is 0 Å². The first-order valence-corrected chi connectivity index (χ1v) is 15.3. The van der Waals surface area contributed by atoms with Gasteiger partial charge in [0.05, 0.1) is 30.4 Å². The van der Waals surface area contributed by atoms with Gasteiger partial charge in [-0.25, -0.2) is 0 Å². The molecule has 0 heterocycles. The lowest BCUT2D eigenvalue weighted by Gasteiger charge is -2.29. The monoisotopic (exact) mass is 643 g/mol. The molecule has 0 fully saturated rings. The quantitative estimate of drug-likeness (QED) is 0.159. The Morgan fingerprint density at radius 2 is 0.653 bits per heavy atom. The highest BCUT2D eigenvalue weighted by Crippen LogP contribution is 2.45. The number of benzene rings is 8. The van der Waals surface area contributed by atoms with Crippen molar-refractivity contribution in [2.45, 2.75) is 0 Å². The van der Waals surface area contributed by atoms with Crippen molar-refractivity contribution in [3.05, 3.63) is 212 Å². The molecule has 0 saturated carbocycles. The van der Waals surface area contributed by atoms with Crippen LogP contribution in [0.3, 0.4) is 0 Å². The molecule has 0 N–H and O–H groups in total. The van der Waals surface area contributed by atoms with Gasteiger partial charge in [0.1, 0.15) is 0 Å².